The lowest BCUT2D eigenvalue weighted by Crippen LogP contribution is -2.26. The number of aromatic hydroxyl groups is 1. The molecule has 84 valence electrons. The van der Waals surface area contributed by atoms with E-state index in [1.165, 1.54) is 7.11 Å². The highest BCUT2D eigenvalue weighted by atomic mass is 16.5. The summed E-state index contributed by atoms with van der Waals surface area (Å²) >= 11 is 0. The molecule has 1 rings (SSSR count). The number of methoxy groups -OCH3 is 1. The molecule has 1 aromatic carbocycles. The number of hydrogen-bond donors (Lipinski definition) is 2. The second kappa shape index (κ2) is 4.11. The molecule has 0 radical (unpaired) electrons. The first-order valence-electron chi connectivity index (χ1n) is 4.99. The molecular weight excluding hydrogens is 190 g/mol. The van der Waals surface area contributed by atoms with E-state index in [1.807, 2.05) is 32.9 Å². The smallest absolute Gasteiger partial charge is 0.162 e. The molecule has 3 heteroatoms. The lowest BCUT2D eigenvalue weighted by Gasteiger charge is -2.28. The predicted molar refractivity (Wildman–Crippen MR) is 61.0 cm³/mol. The van der Waals surface area contributed by atoms with E-state index in [-0.39, 0.29) is 17.2 Å². The van der Waals surface area contributed by atoms with Crippen molar-refractivity contribution in [2.24, 2.45) is 11.1 Å². The van der Waals surface area contributed by atoms with E-state index < -0.39 is 0 Å². The van der Waals surface area contributed by atoms with E-state index in [1.54, 1.807) is 6.07 Å². The van der Waals surface area contributed by atoms with Crippen LogP contribution in [0.25, 0.3) is 0 Å². The van der Waals surface area contributed by atoms with Crippen molar-refractivity contribution in [2.45, 2.75) is 26.8 Å². The van der Waals surface area contributed by atoms with Crippen LogP contribution in [0.15, 0.2) is 18.2 Å². The summed E-state index contributed by atoms with van der Waals surface area (Å²) in [6, 6.07) is 5.16. The third kappa shape index (κ3) is 2.42. The maximum absolute atomic E-state index is 9.92. The Balaban J connectivity index is 3.15. The molecule has 0 amide bonds. The van der Waals surface area contributed by atoms with Crippen LogP contribution >= 0.6 is 0 Å². The highest BCUT2D eigenvalue weighted by Gasteiger charge is 2.25. The molecule has 0 aliphatic heterocycles. The second-order valence-electron chi connectivity index (χ2n) is 4.74. The van der Waals surface area contributed by atoms with Crippen LogP contribution in [0.5, 0.6) is 11.5 Å². The van der Waals surface area contributed by atoms with Gasteiger partial charge in [0.2, 0.25) is 0 Å². The summed E-state index contributed by atoms with van der Waals surface area (Å²) in [6.45, 7) is 6.11. The summed E-state index contributed by atoms with van der Waals surface area (Å²) in [4.78, 5) is 0. The zero-order valence-electron chi connectivity index (χ0n) is 9.74. The van der Waals surface area contributed by atoms with Crippen molar-refractivity contribution in [3.05, 3.63) is 23.8 Å². The summed E-state index contributed by atoms with van der Waals surface area (Å²) < 4.78 is 5.04. The molecule has 3 N–H and O–H groups in total. The monoisotopic (exact) mass is 209 g/mol. The van der Waals surface area contributed by atoms with E-state index in [4.69, 9.17) is 10.5 Å². The van der Waals surface area contributed by atoms with Gasteiger partial charge >= 0.3 is 0 Å². The molecule has 0 heterocycles. The summed E-state index contributed by atoms with van der Waals surface area (Å²) in [5, 5.41) is 9.92. The van der Waals surface area contributed by atoms with E-state index in [9.17, 15) is 5.11 Å². The van der Waals surface area contributed by atoms with Gasteiger partial charge in [-0.25, -0.2) is 0 Å². The molecule has 0 saturated carbocycles. The average molecular weight is 209 g/mol. The molecule has 0 fully saturated rings. The first-order chi connectivity index (χ1) is 6.88. The van der Waals surface area contributed by atoms with Gasteiger partial charge in [0, 0.05) is 11.6 Å². The zero-order chi connectivity index (χ0) is 11.6. The van der Waals surface area contributed by atoms with Crippen LogP contribution in [-0.2, 0) is 0 Å². The van der Waals surface area contributed by atoms with Crippen LogP contribution < -0.4 is 10.5 Å². The Kier molecular flexibility index (Phi) is 3.25. The summed E-state index contributed by atoms with van der Waals surface area (Å²) in [6.07, 6.45) is 0. The molecule has 0 unspecified atom stereocenters. The molecule has 0 aliphatic rings. The minimum atomic E-state index is -0.215. The molecule has 15 heavy (non-hydrogen) atoms. The van der Waals surface area contributed by atoms with Crippen molar-refractivity contribution in [1.82, 2.24) is 0 Å². The Morgan fingerprint density at radius 1 is 1.33 bits per heavy atom. The predicted octanol–water partition coefficient (Wildman–Crippen LogP) is 2.45. The van der Waals surface area contributed by atoms with Gasteiger partial charge in [-0.3, -0.25) is 0 Å². The molecule has 3 nitrogen and oxygen atoms in total. The Morgan fingerprint density at radius 3 is 2.40 bits per heavy atom. The van der Waals surface area contributed by atoms with Gasteiger partial charge in [0.25, 0.3) is 0 Å². The van der Waals surface area contributed by atoms with Crippen molar-refractivity contribution in [3.8, 4) is 11.5 Å². The zero-order valence-corrected chi connectivity index (χ0v) is 9.74. The molecule has 0 bridgehead atoms. The van der Waals surface area contributed by atoms with Crippen LogP contribution in [0.2, 0.25) is 0 Å². The van der Waals surface area contributed by atoms with Crippen molar-refractivity contribution in [2.75, 3.05) is 7.11 Å². The number of hydrogen-bond acceptors (Lipinski definition) is 3. The van der Waals surface area contributed by atoms with Gasteiger partial charge in [-0.15, -0.1) is 0 Å². The van der Waals surface area contributed by atoms with E-state index in [0.29, 0.717) is 5.75 Å². The highest BCUT2D eigenvalue weighted by Crippen LogP contribution is 2.39. The third-order valence-corrected chi connectivity index (χ3v) is 2.52. The topological polar surface area (TPSA) is 55.5 Å². The lowest BCUT2D eigenvalue weighted by molar-refractivity contribution is 0.311. The Morgan fingerprint density at radius 2 is 1.93 bits per heavy atom. The number of rotatable bonds is 2. The minimum absolute atomic E-state index is 0.0934. The first kappa shape index (κ1) is 11.9. The van der Waals surface area contributed by atoms with Crippen molar-refractivity contribution < 1.29 is 9.84 Å². The lowest BCUT2D eigenvalue weighted by atomic mass is 9.82. The number of para-hydroxylation sites is 1. The van der Waals surface area contributed by atoms with E-state index in [0.717, 1.165) is 5.56 Å². The van der Waals surface area contributed by atoms with E-state index >= 15 is 0 Å². The quantitative estimate of drug-likeness (QED) is 0.786. The maximum Gasteiger partial charge on any atom is 0.162 e. The van der Waals surface area contributed by atoms with Gasteiger partial charge < -0.3 is 15.6 Å². The van der Waals surface area contributed by atoms with Crippen molar-refractivity contribution >= 4 is 0 Å². The number of ether oxygens (including phenoxy) is 1. The standard InChI is InChI=1S/C12H19NO2/c1-12(2,3)11(13)8-6-5-7-9(15-4)10(8)14/h5-7,11,14H,13H2,1-4H3/t11-/m1/s1. The highest BCUT2D eigenvalue weighted by molar-refractivity contribution is 5.47. The molecule has 1 atom stereocenters. The molecular formula is C12H19NO2. The molecule has 0 saturated heterocycles. The SMILES string of the molecule is COc1cccc([C@@H](N)C(C)(C)C)c1O. The fourth-order valence-corrected chi connectivity index (χ4v) is 1.42. The number of nitrogens with two attached hydrogens (primary N) is 1. The van der Waals surface area contributed by atoms with Gasteiger partial charge in [-0.2, -0.15) is 0 Å². The summed E-state index contributed by atoms with van der Waals surface area (Å²) in [5.74, 6) is 0.606. The van der Waals surface area contributed by atoms with Crippen molar-refractivity contribution in [1.29, 1.82) is 0 Å². The molecule has 1 aromatic rings. The summed E-state index contributed by atoms with van der Waals surface area (Å²) in [7, 11) is 1.53. The second-order valence-corrected chi connectivity index (χ2v) is 4.74. The normalized spacial score (nSPS) is 13.7. The van der Waals surface area contributed by atoms with Gasteiger partial charge in [0.05, 0.1) is 7.11 Å². The number of phenolic OH excluding ortho intramolecular Hbond substituents is 1. The minimum Gasteiger partial charge on any atom is -0.504 e. The van der Waals surface area contributed by atoms with Crippen LogP contribution in [-0.4, -0.2) is 12.2 Å². The van der Waals surface area contributed by atoms with Gasteiger partial charge in [-0.1, -0.05) is 32.9 Å². The Bertz CT molecular complexity index is 342. The third-order valence-electron chi connectivity index (χ3n) is 2.52. The molecule has 0 aromatic heterocycles. The average Bonchev–Trinajstić information content (AvgIpc) is 2.16. The molecule has 0 aliphatic carbocycles. The Labute approximate surface area is 90.9 Å². The fourth-order valence-electron chi connectivity index (χ4n) is 1.42. The van der Waals surface area contributed by atoms with Gasteiger partial charge in [0.15, 0.2) is 11.5 Å². The first-order valence-corrected chi connectivity index (χ1v) is 4.99. The van der Waals surface area contributed by atoms with Crippen LogP contribution in [0.3, 0.4) is 0 Å². The Hall–Kier alpha value is -1.22. The maximum atomic E-state index is 9.92. The van der Waals surface area contributed by atoms with Crippen LogP contribution in [0.4, 0.5) is 0 Å². The fraction of sp³-hybridized carbons (Fsp3) is 0.500. The number of benzene rings is 1. The number of phenols is 1. The summed E-state index contributed by atoms with van der Waals surface area (Å²) in [5.41, 5.74) is 6.71. The van der Waals surface area contributed by atoms with Crippen molar-refractivity contribution in [3.63, 3.8) is 0 Å². The van der Waals surface area contributed by atoms with Gasteiger partial charge in [-0.05, 0) is 11.5 Å². The molecule has 0 spiro atoms. The van der Waals surface area contributed by atoms with Gasteiger partial charge in [0.1, 0.15) is 0 Å². The largest absolute Gasteiger partial charge is 0.504 e. The van der Waals surface area contributed by atoms with Crippen LogP contribution in [0, 0.1) is 5.41 Å². The van der Waals surface area contributed by atoms with Crippen LogP contribution in [0.1, 0.15) is 32.4 Å². The van der Waals surface area contributed by atoms with E-state index in [2.05, 4.69) is 0 Å².